The molecule has 2 rings (SSSR count). The molecule has 0 aliphatic carbocycles. The summed E-state index contributed by atoms with van der Waals surface area (Å²) in [5.74, 6) is 0.816. The van der Waals surface area contributed by atoms with Crippen molar-refractivity contribution >= 4 is 0 Å². The maximum Gasteiger partial charge on any atom is 0.239 e. The molecule has 14 heavy (non-hydrogen) atoms. The van der Waals surface area contributed by atoms with Gasteiger partial charge in [0, 0.05) is 13.3 Å². The number of nitrogens with zero attached hydrogens (tertiary/aromatic N) is 4. The van der Waals surface area contributed by atoms with Crippen LogP contribution >= 0.6 is 0 Å². The average molecular weight is 192 g/mol. The van der Waals surface area contributed by atoms with Crippen LogP contribution in [0, 0.1) is 0 Å². The number of aromatic nitrogens is 4. The Labute approximate surface area is 80.0 Å². The van der Waals surface area contributed by atoms with Crippen molar-refractivity contribution in [2.75, 3.05) is 7.11 Å². The fourth-order valence-corrected chi connectivity index (χ4v) is 1.00. The zero-order chi connectivity index (χ0) is 9.80. The van der Waals surface area contributed by atoms with Crippen LogP contribution in [0.25, 0.3) is 11.6 Å². The number of hydrogen-bond acceptors (Lipinski definition) is 6. The molecule has 0 N–H and O–H groups in total. The van der Waals surface area contributed by atoms with Gasteiger partial charge in [0.2, 0.25) is 18.0 Å². The van der Waals surface area contributed by atoms with E-state index in [1.54, 1.807) is 19.4 Å². The third kappa shape index (κ3) is 1.74. The fourth-order valence-electron chi connectivity index (χ4n) is 1.00. The van der Waals surface area contributed by atoms with Gasteiger partial charge >= 0.3 is 0 Å². The van der Waals surface area contributed by atoms with Crippen LogP contribution < -0.4 is 0 Å². The van der Waals surface area contributed by atoms with Crippen molar-refractivity contribution in [3.8, 4) is 11.6 Å². The summed E-state index contributed by atoms with van der Waals surface area (Å²) >= 11 is 0. The molecule has 0 saturated heterocycles. The molecule has 0 unspecified atom stereocenters. The highest BCUT2D eigenvalue weighted by molar-refractivity contribution is 5.40. The molecule has 0 amide bonds. The van der Waals surface area contributed by atoms with Crippen LogP contribution in [-0.4, -0.2) is 27.2 Å². The van der Waals surface area contributed by atoms with Gasteiger partial charge in [0.05, 0.1) is 12.3 Å². The maximum atomic E-state index is 4.95. The topological polar surface area (TPSA) is 73.9 Å². The second-order valence-corrected chi connectivity index (χ2v) is 2.56. The van der Waals surface area contributed by atoms with Crippen molar-refractivity contribution in [1.82, 2.24) is 20.1 Å². The monoisotopic (exact) mass is 192 g/mol. The highest BCUT2D eigenvalue weighted by Crippen LogP contribution is 2.08. The van der Waals surface area contributed by atoms with E-state index in [0.29, 0.717) is 18.3 Å². The quantitative estimate of drug-likeness (QED) is 0.711. The predicted octanol–water partition coefficient (Wildman–Crippen LogP) is 0.673. The molecule has 2 aromatic heterocycles. The summed E-state index contributed by atoms with van der Waals surface area (Å²) in [4.78, 5) is 12.0. The summed E-state index contributed by atoms with van der Waals surface area (Å²) in [6.45, 7) is 0.438. The van der Waals surface area contributed by atoms with Crippen molar-refractivity contribution in [2.24, 2.45) is 0 Å². The molecule has 2 aromatic rings. The summed E-state index contributed by atoms with van der Waals surface area (Å²) in [7, 11) is 1.61. The number of hydrogen-bond donors (Lipinski definition) is 0. The first kappa shape index (κ1) is 8.76. The van der Waals surface area contributed by atoms with Crippen molar-refractivity contribution in [3.05, 3.63) is 24.4 Å². The Morgan fingerprint density at radius 1 is 1.36 bits per heavy atom. The molecular formula is C8H8N4O2. The van der Waals surface area contributed by atoms with E-state index >= 15 is 0 Å². The Morgan fingerprint density at radius 3 is 3.00 bits per heavy atom. The molecule has 6 nitrogen and oxygen atoms in total. The number of ether oxygens (including phenoxy) is 1. The number of rotatable bonds is 3. The molecule has 0 atom stereocenters. The third-order valence-electron chi connectivity index (χ3n) is 1.57. The van der Waals surface area contributed by atoms with E-state index in [0.717, 1.165) is 5.69 Å². The lowest BCUT2D eigenvalue weighted by Crippen LogP contribution is -1.97. The highest BCUT2D eigenvalue weighted by atomic mass is 16.5. The molecule has 0 aliphatic heterocycles. The van der Waals surface area contributed by atoms with Gasteiger partial charge in [0.15, 0.2) is 0 Å². The maximum absolute atomic E-state index is 4.95. The SMILES string of the molecule is COCc1ccnc(-c2ncon2)n1. The summed E-state index contributed by atoms with van der Waals surface area (Å²) in [5, 5.41) is 3.64. The predicted molar refractivity (Wildman–Crippen MR) is 46.0 cm³/mol. The van der Waals surface area contributed by atoms with Gasteiger partial charge in [-0.1, -0.05) is 5.16 Å². The Bertz CT molecular complexity index is 401. The molecular weight excluding hydrogens is 184 g/mol. The Hall–Kier alpha value is -1.82. The normalized spacial score (nSPS) is 10.4. The van der Waals surface area contributed by atoms with Crippen LogP contribution in [-0.2, 0) is 11.3 Å². The minimum Gasteiger partial charge on any atom is -0.378 e. The lowest BCUT2D eigenvalue weighted by molar-refractivity contribution is 0.181. The minimum absolute atomic E-state index is 0.378. The van der Waals surface area contributed by atoms with E-state index in [1.807, 2.05) is 0 Å². The van der Waals surface area contributed by atoms with Crippen LogP contribution in [0.4, 0.5) is 0 Å². The van der Waals surface area contributed by atoms with Crippen LogP contribution in [0.15, 0.2) is 23.2 Å². The first-order valence-electron chi connectivity index (χ1n) is 3.98. The minimum atomic E-state index is 0.378. The molecule has 0 spiro atoms. The van der Waals surface area contributed by atoms with Crippen molar-refractivity contribution < 1.29 is 9.26 Å². The third-order valence-corrected chi connectivity index (χ3v) is 1.57. The van der Waals surface area contributed by atoms with E-state index in [9.17, 15) is 0 Å². The Morgan fingerprint density at radius 2 is 2.29 bits per heavy atom. The van der Waals surface area contributed by atoms with E-state index < -0.39 is 0 Å². The first-order chi connectivity index (χ1) is 6.90. The Balaban J connectivity index is 2.31. The van der Waals surface area contributed by atoms with E-state index in [4.69, 9.17) is 4.74 Å². The second-order valence-electron chi connectivity index (χ2n) is 2.56. The van der Waals surface area contributed by atoms with Gasteiger partial charge in [-0.25, -0.2) is 9.97 Å². The van der Waals surface area contributed by atoms with Crippen LogP contribution in [0.3, 0.4) is 0 Å². The molecule has 72 valence electrons. The van der Waals surface area contributed by atoms with Crippen molar-refractivity contribution in [2.45, 2.75) is 6.61 Å². The van der Waals surface area contributed by atoms with Gasteiger partial charge in [0.1, 0.15) is 0 Å². The molecule has 0 radical (unpaired) electrons. The van der Waals surface area contributed by atoms with E-state index in [-0.39, 0.29) is 0 Å². The summed E-state index contributed by atoms with van der Waals surface area (Å²) in [5.41, 5.74) is 0.780. The van der Waals surface area contributed by atoms with Crippen molar-refractivity contribution in [1.29, 1.82) is 0 Å². The van der Waals surface area contributed by atoms with Crippen LogP contribution in [0.1, 0.15) is 5.69 Å². The summed E-state index contributed by atoms with van der Waals surface area (Å²) < 4.78 is 9.54. The van der Waals surface area contributed by atoms with Gasteiger partial charge in [-0.2, -0.15) is 4.98 Å². The van der Waals surface area contributed by atoms with Gasteiger partial charge < -0.3 is 9.26 Å². The van der Waals surface area contributed by atoms with Gasteiger partial charge in [-0.15, -0.1) is 0 Å². The van der Waals surface area contributed by atoms with Gasteiger partial charge in [-0.3, -0.25) is 0 Å². The lowest BCUT2D eigenvalue weighted by Gasteiger charge is -1.98. The van der Waals surface area contributed by atoms with Gasteiger partial charge in [-0.05, 0) is 6.07 Å². The van der Waals surface area contributed by atoms with Gasteiger partial charge in [0.25, 0.3) is 0 Å². The van der Waals surface area contributed by atoms with Crippen LogP contribution in [0.2, 0.25) is 0 Å². The molecule has 0 aromatic carbocycles. The highest BCUT2D eigenvalue weighted by Gasteiger charge is 2.06. The first-order valence-corrected chi connectivity index (χ1v) is 3.98. The Kier molecular flexibility index (Phi) is 2.46. The van der Waals surface area contributed by atoms with E-state index in [1.165, 1.54) is 6.39 Å². The fraction of sp³-hybridized carbons (Fsp3) is 0.250. The second kappa shape index (κ2) is 3.93. The molecule has 6 heteroatoms. The molecule has 0 bridgehead atoms. The average Bonchev–Trinajstić information content (AvgIpc) is 2.71. The molecule has 0 saturated carbocycles. The molecule has 0 aliphatic rings. The zero-order valence-electron chi connectivity index (χ0n) is 7.54. The molecule has 0 fully saturated rings. The molecule has 2 heterocycles. The largest absolute Gasteiger partial charge is 0.378 e. The standard InChI is InChI=1S/C8H8N4O2/c1-13-4-6-2-3-9-7(11-6)8-10-5-14-12-8/h2-3,5H,4H2,1H3. The van der Waals surface area contributed by atoms with E-state index in [2.05, 4.69) is 24.6 Å². The lowest BCUT2D eigenvalue weighted by atomic mass is 10.4. The summed E-state index contributed by atoms with van der Waals surface area (Å²) in [6, 6.07) is 1.77. The van der Waals surface area contributed by atoms with Crippen LogP contribution in [0.5, 0.6) is 0 Å². The van der Waals surface area contributed by atoms with Crippen molar-refractivity contribution in [3.63, 3.8) is 0 Å². The smallest absolute Gasteiger partial charge is 0.239 e. The summed E-state index contributed by atoms with van der Waals surface area (Å²) in [6.07, 6.45) is 2.87. The number of methoxy groups -OCH3 is 1. The zero-order valence-corrected chi connectivity index (χ0v) is 7.54.